The van der Waals surface area contributed by atoms with Gasteiger partial charge in [-0.15, -0.1) is 0 Å². The van der Waals surface area contributed by atoms with E-state index in [4.69, 9.17) is 9.47 Å². The topological polar surface area (TPSA) is 81.9 Å². The molecule has 1 aliphatic rings. The van der Waals surface area contributed by atoms with Gasteiger partial charge in [-0.1, -0.05) is 12.1 Å². The first-order chi connectivity index (χ1) is 14.3. The summed E-state index contributed by atoms with van der Waals surface area (Å²) in [5, 5.41) is 11.0. The van der Waals surface area contributed by atoms with Crippen molar-refractivity contribution in [2.75, 3.05) is 13.7 Å². The Bertz CT molecular complexity index is 986. The van der Waals surface area contributed by atoms with E-state index in [1.807, 2.05) is 32.9 Å². The number of carbonyl (C=O) groups excluding carboxylic acids is 1. The molecule has 0 bridgehead atoms. The normalized spacial score (nSPS) is 16.1. The quantitative estimate of drug-likeness (QED) is 0.380. The van der Waals surface area contributed by atoms with Crippen molar-refractivity contribution in [3.05, 3.63) is 69.3 Å². The molecule has 0 saturated carbocycles. The van der Waals surface area contributed by atoms with E-state index in [0.29, 0.717) is 17.9 Å². The van der Waals surface area contributed by atoms with Gasteiger partial charge in [-0.05, 0) is 44.5 Å². The summed E-state index contributed by atoms with van der Waals surface area (Å²) < 4.78 is 11.6. The molecule has 1 amide bonds. The highest BCUT2D eigenvalue weighted by Gasteiger charge is 2.22. The number of non-ortho nitro benzene ring substituents is 1. The number of amides is 1. The van der Waals surface area contributed by atoms with Crippen LogP contribution in [-0.2, 0) is 11.2 Å². The van der Waals surface area contributed by atoms with Crippen LogP contribution in [0.1, 0.15) is 43.5 Å². The summed E-state index contributed by atoms with van der Waals surface area (Å²) in [5.41, 5.74) is 2.58. The molecule has 2 aromatic rings. The monoisotopic (exact) mass is 410 g/mol. The number of hydrogen-bond acceptors (Lipinski definition) is 5. The molecule has 2 aromatic carbocycles. The minimum Gasteiger partial charge on any atom is -0.493 e. The second kappa shape index (κ2) is 8.98. The third-order valence-electron chi connectivity index (χ3n) is 5.23. The molecule has 158 valence electrons. The van der Waals surface area contributed by atoms with E-state index in [-0.39, 0.29) is 23.7 Å². The fraction of sp³-hybridized carbons (Fsp3) is 0.348. The largest absolute Gasteiger partial charge is 0.493 e. The Labute approximate surface area is 176 Å². The van der Waals surface area contributed by atoms with Crippen LogP contribution in [0.4, 0.5) is 5.69 Å². The maximum absolute atomic E-state index is 12.7. The highest BCUT2D eigenvalue weighted by atomic mass is 16.6. The summed E-state index contributed by atoms with van der Waals surface area (Å²) in [7, 11) is 1.67. The molecule has 0 fully saturated rings. The van der Waals surface area contributed by atoms with Gasteiger partial charge < -0.3 is 14.4 Å². The zero-order valence-corrected chi connectivity index (χ0v) is 17.6. The zero-order valence-electron chi connectivity index (χ0n) is 17.6. The van der Waals surface area contributed by atoms with Crippen LogP contribution < -0.4 is 9.47 Å². The number of benzene rings is 2. The summed E-state index contributed by atoms with van der Waals surface area (Å²) in [6.45, 7) is 6.29. The van der Waals surface area contributed by atoms with Crippen molar-refractivity contribution in [2.45, 2.75) is 39.3 Å². The van der Waals surface area contributed by atoms with Gasteiger partial charge in [-0.2, -0.15) is 0 Å². The van der Waals surface area contributed by atoms with Crippen LogP contribution in [0.3, 0.4) is 0 Å². The number of fused-ring (bicyclic) bond motifs is 1. The number of nitro benzene ring substituents is 1. The Morgan fingerprint density at radius 3 is 2.87 bits per heavy atom. The fourth-order valence-corrected chi connectivity index (χ4v) is 3.46. The van der Waals surface area contributed by atoms with Gasteiger partial charge in [0, 0.05) is 42.8 Å². The Morgan fingerprint density at radius 1 is 1.40 bits per heavy atom. The number of ether oxygens (including phenoxy) is 2. The van der Waals surface area contributed by atoms with E-state index in [9.17, 15) is 14.9 Å². The number of nitro groups is 1. The van der Waals surface area contributed by atoms with Gasteiger partial charge in [0.05, 0.1) is 17.6 Å². The molecule has 30 heavy (non-hydrogen) atoms. The molecule has 3 rings (SSSR count). The number of likely N-dealkylation sites (N-methyl/N-ethyl adjacent to an activating group) is 1. The van der Waals surface area contributed by atoms with Crippen LogP contribution >= 0.6 is 0 Å². The minimum absolute atomic E-state index is 0.00414. The highest BCUT2D eigenvalue weighted by molar-refractivity contribution is 5.92. The van der Waals surface area contributed by atoms with E-state index >= 15 is 0 Å². The molecule has 7 heteroatoms. The lowest BCUT2D eigenvalue weighted by Crippen LogP contribution is -2.28. The SMILES string of the molecule is CCOc1cc2c(cc1/C=C/C(=O)N(C)[C@@H](C)c1cccc([N+](=O)[O-])c1)O[C@H](C)C2. The van der Waals surface area contributed by atoms with Gasteiger partial charge in [-0.25, -0.2) is 0 Å². The third kappa shape index (κ3) is 4.62. The van der Waals surface area contributed by atoms with Crippen molar-refractivity contribution in [1.29, 1.82) is 0 Å². The Kier molecular flexibility index (Phi) is 6.40. The number of nitrogens with zero attached hydrogens (tertiary/aromatic N) is 2. The Morgan fingerprint density at radius 2 is 2.17 bits per heavy atom. The number of carbonyl (C=O) groups is 1. The first kappa shape index (κ1) is 21.4. The van der Waals surface area contributed by atoms with Crippen molar-refractivity contribution >= 4 is 17.7 Å². The predicted octanol–water partition coefficient (Wildman–Crippen LogP) is 4.55. The maximum Gasteiger partial charge on any atom is 0.269 e. The Hall–Kier alpha value is -3.35. The predicted molar refractivity (Wildman–Crippen MR) is 115 cm³/mol. The standard InChI is InChI=1S/C23H26N2O5/c1-5-29-21-14-19-11-15(2)30-22(19)13-18(21)9-10-23(26)24(4)16(3)17-7-6-8-20(12-17)25(27)28/h6-10,12-16H,5,11H2,1-4H3/b10-9+/t15-,16+/m1/s1. The molecular formula is C23H26N2O5. The van der Waals surface area contributed by atoms with Crippen molar-refractivity contribution in [3.63, 3.8) is 0 Å². The second-order valence-electron chi connectivity index (χ2n) is 7.37. The number of rotatable bonds is 7. The first-order valence-electron chi connectivity index (χ1n) is 9.95. The van der Waals surface area contributed by atoms with E-state index in [2.05, 4.69) is 0 Å². The van der Waals surface area contributed by atoms with Crippen molar-refractivity contribution < 1.29 is 19.2 Å². The maximum atomic E-state index is 12.7. The van der Waals surface area contributed by atoms with Crippen LogP contribution in [0.5, 0.6) is 11.5 Å². The molecule has 0 saturated heterocycles. The summed E-state index contributed by atoms with van der Waals surface area (Å²) in [5.74, 6) is 1.31. The number of hydrogen-bond donors (Lipinski definition) is 0. The van der Waals surface area contributed by atoms with Crippen LogP contribution in [-0.4, -0.2) is 35.5 Å². The molecule has 2 atom stereocenters. The Balaban J connectivity index is 1.79. The van der Waals surface area contributed by atoms with E-state index in [0.717, 1.165) is 23.3 Å². The first-order valence-corrected chi connectivity index (χ1v) is 9.95. The zero-order chi connectivity index (χ0) is 21.8. The minimum atomic E-state index is -0.440. The molecular weight excluding hydrogens is 384 g/mol. The average Bonchev–Trinajstić information content (AvgIpc) is 3.09. The summed E-state index contributed by atoms with van der Waals surface area (Å²) in [6.07, 6.45) is 4.16. The van der Waals surface area contributed by atoms with Crippen molar-refractivity contribution in [3.8, 4) is 11.5 Å². The molecule has 0 aromatic heterocycles. The van der Waals surface area contributed by atoms with E-state index in [1.54, 1.807) is 30.2 Å². The molecule has 0 spiro atoms. The van der Waals surface area contributed by atoms with Crippen molar-refractivity contribution in [1.82, 2.24) is 4.90 Å². The van der Waals surface area contributed by atoms with Gasteiger partial charge >= 0.3 is 0 Å². The van der Waals surface area contributed by atoms with Crippen LogP contribution in [0.2, 0.25) is 0 Å². The smallest absolute Gasteiger partial charge is 0.269 e. The lowest BCUT2D eigenvalue weighted by atomic mass is 10.1. The molecule has 7 nitrogen and oxygen atoms in total. The molecule has 0 aliphatic carbocycles. The summed E-state index contributed by atoms with van der Waals surface area (Å²) >= 11 is 0. The fourth-order valence-electron chi connectivity index (χ4n) is 3.46. The van der Waals surface area contributed by atoms with Gasteiger partial charge in [0.2, 0.25) is 5.91 Å². The van der Waals surface area contributed by atoms with Gasteiger partial charge in [0.25, 0.3) is 5.69 Å². The molecule has 1 heterocycles. The summed E-state index contributed by atoms with van der Waals surface area (Å²) in [6, 6.07) is 9.88. The van der Waals surface area contributed by atoms with Crippen molar-refractivity contribution in [2.24, 2.45) is 0 Å². The van der Waals surface area contributed by atoms with E-state index < -0.39 is 4.92 Å². The molecule has 0 N–H and O–H groups in total. The third-order valence-corrected chi connectivity index (χ3v) is 5.23. The van der Waals surface area contributed by atoms with Crippen LogP contribution in [0.25, 0.3) is 6.08 Å². The summed E-state index contributed by atoms with van der Waals surface area (Å²) in [4.78, 5) is 24.9. The molecule has 0 unspecified atom stereocenters. The van der Waals surface area contributed by atoms with Gasteiger partial charge in [0.1, 0.15) is 17.6 Å². The van der Waals surface area contributed by atoms with Gasteiger partial charge in [0.15, 0.2) is 0 Å². The van der Waals surface area contributed by atoms with Crippen LogP contribution in [0.15, 0.2) is 42.5 Å². The lowest BCUT2D eigenvalue weighted by Gasteiger charge is -2.24. The van der Waals surface area contributed by atoms with Crippen LogP contribution in [0, 0.1) is 10.1 Å². The second-order valence-corrected chi connectivity index (χ2v) is 7.37. The average molecular weight is 410 g/mol. The molecule has 1 aliphatic heterocycles. The van der Waals surface area contributed by atoms with Gasteiger partial charge in [-0.3, -0.25) is 14.9 Å². The highest BCUT2D eigenvalue weighted by Crippen LogP contribution is 2.35. The van der Waals surface area contributed by atoms with E-state index in [1.165, 1.54) is 18.2 Å². The molecule has 0 radical (unpaired) electrons. The lowest BCUT2D eigenvalue weighted by molar-refractivity contribution is -0.384.